The second-order valence-corrected chi connectivity index (χ2v) is 5.40. The van der Waals surface area contributed by atoms with Gasteiger partial charge in [0.2, 0.25) is 0 Å². The fraction of sp³-hybridized carbons (Fsp3) is 0. The standard InChI is InChI=1S/C14H8ClN2OS/c15-10-3-1-9(2-4-10)11-7-19-14-13(11)12(18)5-6-17(14)8-16/h1-7,19H. The minimum atomic E-state index is -0.0623. The number of pyridine rings is 1. The zero-order valence-corrected chi connectivity index (χ0v) is 11.3. The maximum Gasteiger partial charge on any atom is 0.190 e. The van der Waals surface area contributed by atoms with Crippen LogP contribution in [0.5, 0.6) is 0 Å². The second-order valence-electron chi connectivity index (χ2n) is 4.03. The molecule has 1 aliphatic rings. The highest BCUT2D eigenvalue weighted by Gasteiger charge is 2.21. The van der Waals surface area contributed by atoms with E-state index >= 15 is 0 Å². The smallest absolute Gasteiger partial charge is 0.190 e. The molecule has 1 aromatic carbocycles. The van der Waals surface area contributed by atoms with Gasteiger partial charge >= 0.3 is 0 Å². The number of hydrogen-bond acceptors (Lipinski definition) is 2. The monoisotopic (exact) mass is 287 g/mol. The van der Waals surface area contributed by atoms with E-state index in [1.54, 1.807) is 12.1 Å². The lowest BCUT2D eigenvalue weighted by Gasteiger charge is -2.06. The van der Waals surface area contributed by atoms with Gasteiger partial charge in [-0.15, -0.1) is 0 Å². The maximum atomic E-state index is 12.0. The summed E-state index contributed by atoms with van der Waals surface area (Å²) in [4.78, 5) is 12.0. The van der Waals surface area contributed by atoms with Crippen LogP contribution in [0.4, 0.5) is 0 Å². The van der Waals surface area contributed by atoms with Crippen LogP contribution in [0, 0.1) is 11.5 Å². The molecule has 0 atom stereocenters. The van der Waals surface area contributed by atoms with Crippen LogP contribution in [0.3, 0.4) is 0 Å². The number of halogens is 1. The first kappa shape index (κ1) is 12.1. The molecule has 0 saturated carbocycles. The molecule has 0 bridgehead atoms. The molecule has 19 heavy (non-hydrogen) atoms. The summed E-state index contributed by atoms with van der Waals surface area (Å²) in [5, 5.41) is 12.4. The lowest BCUT2D eigenvalue weighted by Crippen LogP contribution is -2.11. The fourth-order valence-corrected chi connectivity index (χ4v) is 3.28. The third kappa shape index (κ3) is 1.97. The topological polar surface area (TPSA) is 45.8 Å². The first-order valence-electron chi connectivity index (χ1n) is 5.54. The van der Waals surface area contributed by atoms with Crippen molar-refractivity contribution in [3.05, 3.63) is 68.3 Å². The van der Waals surface area contributed by atoms with Crippen LogP contribution in [0.1, 0.15) is 11.1 Å². The quantitative estimate of drug-likeness (QED) is 0.820. The lowest BCUT2D eigenvalue weighted by atomic mass is 10.0. The Morgan fingerprint density at radius 1 is 1.21 bits per heavy atom. The maximum absolute atomic E-state index is 12.0. The molecule has 3 nitrogen and oxygen atoms in total. The molecule has 1 aliphatic heterocycles. The molecule has 5 heteroatoms. The number of aromatic nitrogens is 1. The number of nitriles is 1. The van der Waals surface area contributed by atoms with Crippen molar-refractivity contribution in [2.24, 2.45) is 0 Å². The van der Waals surface area contributed by atoms with Gasteiger partial charge in [-0.25, -0.2) is 4.57 Å². The molecule has 0 saturated heterocycles. The Hall–Kier alpha value is -1.96. The highest BCUT2D eigenvalue weighted by Crippen LogP contribution is 2.39. The van der Waals surface area contributed by atoms with E-state index in [-0.39, 0.29) is 5.43 Å². The van der Waals surface area contributed by atoms with Gasteiger partial charge in [-0.2, -0.15) is 17.0 Å². The van der Waals surface area contributed by atoms with Crippen molar-refractivity contribution < 1.29 is 0 Å². The van der Waals surface area contributed by atoms with Crippen LogP contribution in [0.15, 0.2) is 51.8 Å². The van der Waals surface area contributed by atoms with Gasteiger partial charge in [0, 0.05) is 22.9 Å². The molecular weight excluding hydrogens is 280 g/mol. The molecule has 3 rings (SSSR count). The van der Waals surface area contributed by atoms with E-state index < -0.39 is 0 Å². The number of thiol groups is 1. The van der Waals surface area contributed by atoms with Crippen LogP contribution in [-0.4, -0.2) is 4.57 Å². The molecule has 93 valence electrons. The van der Waals surface area contributed by atoms with Gasteiger partial charge in [0.25, 0.3) is 0 Å². The molecule has 1 radical (unpaired) electrons. The Morgan fingerprint density at radius 2 is 1.95 bits per heavy atom. The summed E-state index contributed by atoms with van der Waals surface area (Å²) in [6.45, 7) is 0. The first-order chi connectivity index (χ1) is 9.20. The molecule has 2 aromatic rings. The van der Waals surface area contributed by atoms with Crippen LogP contribution in [-0.2, 0) is 0 Å². The second kappa shape index (κ2) is 4.61. The van der Waals surface area contributed by atoms with E-state index in [0.29, 0.717) is 10.6 Å². The fourth-order valence-electron chi connectivity index (χ4n) is 2.03. The largest absolute Gasteiger partial charge is 0.289 e. The number of rotatable bonds is 1. The molecule has 1 aromatic heterocycles. The highest BCUT2D eigenvalue weighted by atomic mass is 35.5. The zero-order valence-electron chi connectivity index (χ0n) is 9.67. The third-order valence-electron chi connectivity index (χ3n) is 2.92. The molecule has 0 aliphatic carbocycles. The minimum Gasteiger partial charge on any atom is -0.289 e. The van der Waals surface area contributed by atoms with Crippen molar-refractivity contribution in [2.75, 3.05) is 0 Å². The predicted octanol–water partition coefficient (Wildman–Crippen LogP) is 3.06. The molecule has 0 spiro atoms. The van der Waals surface area contributed by atoms with Crippen molar-refractivity contribution in [3.63, 3.8) is 0 Å². The summed E-state index contributed by atoms with van der Waals surface area (Å²) in [5.41, 5.74) is 2.34. The van der Waals surface area contributed by atoms with Gasteiger partial charge in [-0.1, -0.05) is 23.7 Å². The van der Waals surface area contributed by atoms with Crippen molar-refractivity contribution >= 4 is 28.9 Å². The Labute approximate surface area is 118 Å². The summed E-state index contributed by atoms with van der Waals surface area (Å²) in [6, 6.07) is 8.76. The normalized spacial score (nSPS) is 12.7. The third-order valence-corrected chi connectivity index (χ3v) is 4.24. The Morgan fingerprint density at radius 3 is 2.63 bits per heavy atom. The summed E-state index contributed by atoms with van der Waals surface area (Å²) in [6.07, 6.45) is 3.56. The zero-order chi connectivity index (χ0) is 13.4. The van der Waals surface area contributed by atoms with Crippen molar-refractivity contribution in [1.82, 2.24) is 4.57 Å². The summed E-state index contributed by atoms with van der Waals surface area (Å²) in [5.74, 6) is 0. The minimum absolute atomic E-state index is 0.0623. The average Bonchev–Trinajstić information content (AvgIpc) is 2.86. The van der Waals surface area contributed by atoms with Crippen LogP contribution < -0.4 is 5.43 Å². The SMILES string of the molecule is N#Cn1ccc(=O)c2c1[SH]C=C2c1ccc(Cl)cc1. The van der Waals surface area contributed by atoms with Crippen LogP contribution >= 0.6 is 23.4 Å². The lowest BCUT2D eigenvalue weighted by molar-refractivity contribution is 0.924. The van der Waals surface area contributed by atoms with Gasteiger partial charge < -0.3 is 0 Å². The molecular formula is C14H8ClN2OS. The van der Waals surface area contributed by atoms with Crippen molar-refractivity contribution in [1.29, 1.82) is 5.26 Å². The van der Waals surface area contributed by atoms with E-state index in [1.807, 2.05) is 17.5 Å². The van der Waals surface area contributed by atoms with Gasteiger partial charge in [-0.05, 0) is 23.1 Å². The van der Waals surface area contributed by atoms with Crippen molar-refractivity contribution in [2.45, 2.75) is 5.03 Å². The molecule has 0 unspecified atom stereocenters. The molecule has 0 fully saturated rings. The number of benzene rings is 1. The van der Waals surface area contributed by atoms with E-state index in [4.69, 9.17) is 16.9 Å². The van der Waals surface area contributed by atoms with E-state index in [2.05, 4.69) is 6.19 Å². The van der Waals surface area contributed by atoms with E-state index in [9.17, 15) is 4.79 Å². The van der Waals surface area contributed by atoms with Gasteiger partial charge in [0.1, 0.15) is 0 Å². The Bertz CT molecular complexity index is 785. The van der Waals surface area contributed by atoms with Gasteiger partial charge in [-0.3, -0.25) is 4.79 Å². The molecule has 0 amide bonds. The number of hydrogen-bond donors (Lipinski definition) is 1. The number of nitrogens with zero attached hydrogens (tertiary/aromatic N) is 2. The van der Waals surface area contributed by atoms with Crippen LogP contribution in [0.25, 0.3) is 5.57 Å². The Kier molecular flexibility index (Phi) is 2.94. The van der Waals surface area contributed by atoms with Crippen molar-refractivity contribution in [3.8, 4) is 6.19 Å². The van der Waals surface area contributed by atoms with Gasteiger partial charge in [0.15, 0.2) is 11.6 Å². The first-order valence-corrected chi connectivity index (χ1v) is 6.88. The highest BCUT2D eigenvalue weighted by molar-refractivity contribution is 8.02. The Balaban J connectivity index is 2.19. The predicted molar refractivity (Wildman–Crippen MR) is 77.5 cm³/mol. The molecule has 2 heterocycles. The van der Waals surface area contributed by atoms with Crippen LogP contribution in [0.2, 0.25) is 5.02 Å². The molecule has 0 N–H and O–H groups in total. The average molecular weight is 288 g/mol. The van der Waals surface area contributed by atoms with E-state index in [1.165, 1.54) is 16.8 Å². The van der Waals surface area contributed by atoms with E-state index in [0.717, 1.165) is 27.9 Å². The van der Waals surface area contributed by atoms with Gasteiger partial charge in [0.05, 0.1) is 10.6 Å². The summed E-state index contributed by atoms with van der Waals surface area (Å²) < 4.78 is 1.43. The summed E-state index contributed by atoms with van der Waals surface area (Å²) in [7, 11) is 0. The summed E-state index contributed by atoms with van der Waals surface area (Å²) >= 11 is 6.73. The number of fused-ring (bicyclic) bond motifs is 1.